The largest absolute Gasteiger partial charge is 0.375 e. The van der Waals surface area contributed by atoms with Crippen LogP contribution in [0.25, 0.3) is 0 Å². The van der Waals surface area contributed by atoms with Gasteiger partial charge in [0, 0.05) is 38.6 Å². The summed E-state index contributed by atoms with van der Waals surface area (Å²) < 4.78 is 6.01. The molecule has 0 aliphatic carbocycles. The summed E-state index contributed by atoms with van der Waals surface area (Å²) in [7, 11) is 0. The van der Waals surface area contributed by atoms with Crippen LogP contribution >= 0.6 is 11.6 Å². The van der Waals surface area contributed by atoms with Crippen molar-refractivity contribution in [3.63, 3.8) is 0 Å². The van der Waals surface area contributed by atoms with Gasteiger partial charge in [-0.25, -0.2) is 4.98 Å². The number of likely N-dealkylation sites (tertiary alicyclic amines) is 1. The van der Waals surface area contributed by atoms with Gasteiger partial charge >= 0.3 is 0 Å². The molecule has 0 bridgehead atoms. The number of aromatic nitrogens is 1. The van der Waals surface area contributed by atoms with Crippen molar-refractivity contribution >= 4 is 17.5 Å². The second-order valence-electron chi connectivity index (χ2n) is 6.10. The summed E-state index contributed by atoms with van der Waals surface area (Å²) >= 11 is 5.89. The molecule has 124 valence electrons. The average molecular weight is 336 g/mol. The predicted molar refractivity (Wildman–Crippen MR) is 89.6 cm³/mol. The van der Waals surface area contributed by atoms with Crippen LogP contribution in [0.1, 0.15) is 16.9 Å². The quantitative estimate of drug-likeness (QED) is 0.627. The molecule has 2 atom stereocenters. The summed E-state index contributed by atoms with van der Waals surface area (Å²) in [6, 6.07) is 5.14. The fourth-order valence-corrected chi connectivity index (χ4v) is 3.50. The van der Waals surface area contributed by atoms with Crippen LogP contribution in [0.3, 0.4) is 0 Å². The number of halogens is 1. The molecule has 2 aliphatic heterocycles. The molecule has 0 aromatic carbocycles. The molecular weight excluding hydrogens is 314 g/mol. The van der Waals surface area contributed by atoms with Gasteiger partial charge in [-0.2, -0.15) is 0 Å². The summed E-state index contributed by atoms with van der Waals surface area (Å²) in [4.78, 5) is 20.9. The van der Waals surface area contributed by atoms with Crippen molar-refractivity contribution in [2.45, 2.75) is 12.5 Å². The molecule has 2 unspecified atom stereocenters. The van der Waals surface area contributed by atoms with E-state index in [2.05, 4.69) is 16.5 Å². The van der Waals surface area contributed by atoms with Crippen LogP contribution < -0.4 is 0 Å². The molecule has 23 heavy (non-hydrogen) atoms. The Balaban J connectivity index is 1.65. The van der Waals surface area contributed by atoms with E-state index in [0.29, 0.717) is 29.9 Å². The molecule has 1 aromatic rings. The first-order valence-electron chi connectivity index (χ1n) is 8.04. The maximum Gasteiger partial charge on any atom is 0.272 e. The summed E-state index contributed by atoms with van der Waals surface area (Å²) in [5, 5.41) is 0.344. The number of nitrogens with zero attached hydrogens (tertiary/aromatic N) is 3. The number of piperidine rings is 1. The first kappa shape index (κ1) is 16.4. The normalized spacial score (nSPS) is 25.5. The van der Waals surface area contributed by atoms with Gasteiger partial charge in [0.2, 0.25) is 0 Å². The van der Waals surface area contributed by atoms with Crippen molar-refractivity contribution in [1.29, 1.82) is 0 Å². The lowest BCUT2D eigenvalue weighted by atomic mass is 9.93. The first-order chi connectivity index (χ1) is 11.2. The third-order valence-corrected chi connectivity index (χ3v) is 4.75. The Morgan fingerprint density at radius 1 is 1.43 bits per heavy atom. The Morgan fingerprint density at radius 3 is 3.09 bits per heavy atom. The molecule has 1 aromatic heterocycles. The molecule has 2 saturated heterocycles. The Morgan fingerprint density at radius 2 is 2.30 bits per heavy atom. The van der Waals surface area contributed by atoms with E-state index in [1.807, 2.05) is 11.0 Å². The minimum Gasteiger partial charge on any atom is -0.375 e. The number of amides is 1. The van der Waals surface area contributed by atoms with Gasteiger partial charge in [0.15, 0.2) is 0 Å². The molecule has 6 heteroatoms. The highest BCUT2D eigenvalue weighted by molar-refractivity contribution is 6.29. The van der Waals surface area contributed by atoms with E-state index >= 15 is 0 Å². The first-order valence-corrected chi connectivity index (χ1v) is 8.42. The molecule has 0 N–H and O–H groups in total. The smallest absolute Gasteiger partial charge is 0.272 e. The molecule has 5 nitrogen and oxygen atoms in total. The van der Waals surface area contributed by atoms with Crippen LogP contribution in [-0.2, 0) is 4.74 Å². The Bertz CT molecular complexity index is 581. The number of hydrogen-bond acceptors (Lipinski definition) is 4. The van der Waals surface area contributed by atoms with E-state index in [1.165, 1.54) is 0 Å². The van der Waals surface area contributed by atoms with Crippen molar-refractivity contribution in [3.8, 4) is 0 Å². The van der Waals surface area contributed by atoms with Crippen LogP contribution in [0.5, 0.6) is 0 Å². The lowest BCUT2D eigenvalue weighted by Crippen LogP contribution is -2.49. The van der Waals surface area contributed by atoms with Gasteiger partial charge in [-0.1, -0.05) is 23.7 Å². The van der Waals surface area contributed by atoms with Crippen molar-refractivity contribution in [2.24, 2.45) is 5.92 Å². The second kappa shape index (κ2) is 7.43. The van der Waals surface area contributed by atoms with Gasteiger partial charge in [0.1, 0.15) is 10.8 Å². The number of ether oxygens (including phenoxy) is 1. The number of fused-ring (bicyclic) bond motifs is 1. The van der Waals surface area contributed by atoms with Gasteiger partial charge in [0.05, 0.1) is 12.7 Å². The highest BCUT2D eigenvalue weighted by atomic mass is 35.5. The maximum absolute atomic E-state index is 12.6. The zero-order valence-corrected chi connectivity index (χ0v) is 13.9. The zero-order valence-electron chi connectivity index (χ0n) is 13.2. The van der Waals surface area contributed by atoms with Gasteiger partial charge in [-0.05, 0) is 18.6 Å². The van der Waals surface area contributed by atoms with Crippen molar-refractivity contribution in [1.82, 2.24) is 14.8 Å². The van der Waals surface area contributed by atoms with Crippen LogP contribution in [0.4, 0.5) is 0 Å². The molecule has 1 amide bonds. The number of rotatable bonds is 3. The molecule has 3 heterocycles. The van der Waals surface area contributed by atoms with Crippen molar-refractivity contribution in [3.05, 3.63) is 41.7 Å². The van der Waals surface area contributed by atoms with Gasteiger partial charge in [0.25, 0.3) is 5.91 Å². The van der Waals surface area contributed by atoms with Gasteiger partial charge in [-0.15, -0.1) is 6.58 Å². The lowest BCUT2D eigenvalue weighted by molar-refractivity contribution is -0.0172. The molecule has 3 rings (SSSR count). The summed E-state index contributed by atoms with van der Waals surface area (Å²) in [6.07, 6.45) is 2.98. The Hall–Kier alpha value is -1.43. The summed E-state index contributed by atoms with van der Waals surface area (Å²) in [6.45, 7) is 8.69. The third-order valence-electron chi connectivity index (χ3n) is 4.54. The van der Waals surface area contributed by atoms with E-state index in [0.717, 1.165) is 32.6 Å². The van der Waals surface area contributed by atoms with E-state index in [1.54, 1.807) is 18.2 Å². The molecule has 0 radical (unpaired) electrons. The monoisotopic (exact) mass is 335 g/mol. The van der Waals surface area contributed by atoms with Crippen LogP contribution in [-0.4, -0.2) is 66.1 Å². The predicted octanol–water partition coefficient (Wildman–Crippen LogP) is 2.08. The molecule has 2 aliphatic rings. The van der Waals surface area contributed by atoms with Crippen molar-refractivity contribution in [2.75, 3.05) is 39.3 Å². The van der Waals surface area contributed by atoms with Crippen molar-refractivity contribution < 1.29 is 9.53 Å². The fraction of sp³-hybridized carbons (Fsp3) is 0.529. The highest BCUT2D eigenvalue weighted by Gasteiger charge is 2.35. The molecule has 0 spiro atoms. The molecule has 0 saturated carbocycles. The summed E-state index contributed by atoms with van der Waals surface area (Å²) in [5.74, 6) is 0.399. The van der Waals surface area contributed by atoms with Crippen LogP contribution in [0.2, 0.25) is 5.15 Å². The minimum absolute atomic E-state index is 0.0678. The fourth-order valence-electron chi connectivity index (χ4n) is 3.34. The summed E-state index contributed by atoms with van der Waals surface area (Å²) in [5.41, 5.74) is 0.401. The minimum atomic E-state index is -0.0678. The standard InChI is InChI=1S/C17H22ClN3O2/c1-2-7-20-9-10-23-15-12-21(8-6-13(15)11-20)17(22)14-4-3-5-16(18)19-14/h2-5,13,15H,1,6-12H2. The van der Waals surface area contributed by atoms with E-state index < -0.39 is 0 Å². The third kappa shape index (κ3) is 3.91. The SMILES string of the molecule is C=CCN1CCOC2CN(C(=O)c3cccc(Cl)n3)CCC2C1. The second-order valence-corrected chi connectivity index (χ2v) is 6.49. The Labute approximate surface area is 141 Å². The number of carbonyl (C=O) groups is 1. The van der Waals surface area contributed by atoms with Crippen LogP contribution in [0.15, 0.2) is 30.9 Å². The highest BCUT2D eigenvalue weighted by Crippen LogP contribution is 2.25. The van der Waals surface area contributed by atoms with Crippen LogP contribution in [0, 0.1) is 5.92 Å². The number of pyridine rings is 1. The number of hydrogen-bond donors (Lipinski definition) is 0. The average Bonchev–Trinajstić information content (AvgIpc) is 2.75. The zero-order chi connectivity index (χ0) is 16.2. The van der Waals surface area contributed by atoms with E-state index in [-0.39, 0.29) is 12.0 Å². The van der Waals surface area contributed by atoms with Gasteiger partial charge < -0.3 is 9.64 Å². The Kier molecular flexibility index (Phi) is 5.30. The van der Waals surface area contributed by atoms with E-state index in [4.69, 9.17) is 16.3 Å². The maximum atomic E-state index is 12.6. The van der Waals surface area contributed by atoms with E-state index in [9.17, 15) is 4.79 Å². The molecular formula is C17H22ClN3O2. The lowest BCUT2D eigenvalue weighted by Gasteiger charge is -2.37. The number of carbonyl (C=O) groups excluding carboxylic acids is 1. The molecule has 2 fully saturated rings. The topological polar surface area (TPSA) is 45.7 Å². The van der Waals surface area contributed by atoms with Gasteiger partial charge in [-0.3, -0.25) is 9.69 Å².